The van der Waals surface area contributed by atoms with Crippen LogP contribution in [-0.2, 0) is 14.4 Å². The van der Waals surface area contributed by atoms with E-state index in [0.29, 0.717) is 33.8 Å². The number of benzene rings is 2. The molecule has 164 valence electrons. The monoisotopic (exact) mass is 490 g/mol. The molecule has 0 radical (unpaired) electrons. The first kappa shape index (κ1) is 23.9. The molecule has 0 aliphatic heterocycles. The number of carbonyl (C=O) groups is 3. The van der Waals surface area contributed by atoms with E-state index in [9.17, 15) is 14.4 Å². The maximum Gasteiger partial charge on any atom is 0.329 e. The number of hydrogen-bond acceptors (Lipinski definition) is 6. The number of aryl methyl sites for hydroxylation is 1. The summed E-state index contributed by atoms with van der Waals surface area (Å²) >= 11 is 3.38. The Kier molecular flexibility index (Phi) is 9.01. The van der Waals surface area contributed by atoms with Crippen molar-refractivity contribution in [1.82, 2.24) is 10.7 Å². The van der Waals surface area contributed by atoms with Gasteiger partial charge in [-0.2, -0.15) is 5.10 Å². The Morgan fingerprint density at radius 1 is 1.16 bits per heavy atom. The number of amides is 3. The second kappa shape index (κ2) is 11.7. The van der Waals surface area contributed by atoms with E-state index in [-0.39, 0.29) is 12.5 Å². The molecule has 0 fully saturated rings. The molecule has 2 aromatic carbocycles. The Hall–Kier alpha value is -3.40. The highest BCUT2D eigenvalue weighted by Crippen LogP contribution is 2.36. The minimum atomic E-state index is -0.872. The summed E-state index contributed by atoms with van der Waals surface area (Å²) in [6, 6.07) is 10.7. The number of nitrogens with one attached hydrogen (secondary N) is 3. The highest BCUT2D eigenvalue weighted by Gasteiger charge is 2.14. The predicted octanol–water partition coefficient (Wildman–Crippen LogP) is 2.37. The molecule has 0 aliphatic carbocycles. The van der Waals surface area contributed by atoms with Gasteiger partial charge in [-0.05, 0) is 65.2 Å². The smallest absolute Gasteiger partial charge is 0.329 e. The number of hydrogen-bond donors (Lipinski definition) is 3. The number of methoxy groups -OCH3 is 1. The van der Waals surface area contributed by atoms with Crippen molar-refractivity contribution in [2.75, 3.05) is 25.6 Å². The fourth-order valence-electron chi connectivity index (χ4n) is 2.47. The predicted molar refractivity (Wildman–Crippen MR) is 120 cm³/mol. The van der Waals surface area contributed by atoms with Crippen LogP contribution in [0.4, 0.5) is 5.69 Å². The van der Waals surface area contributed by atoms with Gasteiger partial charge in [-0.3, -0.25) is 14.4 Å². The Balaban J connectivity index is 2.01. The largest absolute Gasteiger partial charge is 0.493 e. The highest BCUT2D eigenvalue weighted by molar-refractivity contribution is 9.10. The number of likely N-dealkylation sites (N-methyl/N-ethyl adjacent to an activating group) is 1. The third-order valence-corrected chi connectivity index (χ3v) is 4.41. The molecule has 3 amide bonds. The average Bonchev–Trinajstić information content (AvgIpc) is 2.72. The van der Waals surface area contributed by atoms with Gasteiger partial charge in [-0.15, -0.1) is 0 Å². The molecule has 9 nitrogen and oxygen atoms in total. The van der Waals surface area contributed by atoms with Crippen molar-refractivity contribution in [2.24, 2.45) is 5.10 Å². The summed E-state index contributed by atoms with van der Waals surface area (Å²) in [5, 5.41) is 8.88. The van der Waals surface area contributed by atoms with E-state index in [1.165, 1.54) is 13.3 Å². The third-order valence-electron chi connectivity index (χ3n) is 3.82. The van der Waals surface area contributed by atoms with Crippen LogP contribution in [0, 0.1) is 6.92 Å². The van der Waals surface area contributed by atoms with E-state index in [1.54, 1.807) is 25.1 Å². The Bertz CT molecular complexity index is 994. The van der Waals surface area contributed by atoms with E-state index < -0.39 is 11.8 Å². The fraction of sp³-hybridized carbons (Fsp3) is 0.238. The summed E-state index contributed by atoms with van der Waals surface area (Å²) in [7, 11) is 1.46. The zero-order valence-corrected chi connectivity index (χ0v) is 18.9. The molecule has 2 rings (SSSR count). The Labute approximate surface area is 188 Å². The number of anilines is 1. The van der Waals surface area contributed by atoms with E-state index in [0.717, 1.165) is 5.56 Å². The molecular weight excluding hydrogens is 468 g/mol. The highest BCUT2D eigenvalue weighted by atomic mass is 79.9. The van der Waals surface area contributed by atoms with Gasteiger partial charge in [0.15, 0.2) is 18.1 Å². The lowest BCUT2D eigenvalue weighted by atomic mass is 10.2. The molecule has 0 spiro atoms. The lowest BCUT2D eigenvalue weighted by molar-refractivity contribution is -0.139. The van der Waals surface area contributed by atoms with Crippen molar-refractivity contribution in [3.8, 4) is 11.5 Å². The van der Waals surface area contributed by atoms with E-state index >= 15 is 0 Å². The van der Waals surface area contributed by atoms with Gasteiger partial charge in [0.25, 0.3) is 5.91 Å². The van der Waals surface area contributed by atoms with Gasteiger partial charge in [-0.1, -0.05) is 12.1 Å². The summed E-state index contributed by atoms with van der Waals surface area (Å²) in [5.74, 6) is -1.27. The maximum absolute atomic E-state index is 12.2. The van der Waals surface area contributed by atoms with Crippen molar-refractivity contribution < 1.29 is 23.9 Å². The molecule has 0 aliphatic rings. The van der Waals surface area contributed by atoms with Gasteiger partial charge in [0, 0.05) is 12.2 Å². The quantitative estimate of drug-likeness (QED) is 0.298. The number of carbonyl (C=O) groups excluding carboxylic acids is 3. The molecule has 0 unspecified atom stereocenters. The van der Waals surface area contributed by atoms with Gasteiger partial charge in [0.05, 0.1) is 17.8 Å². The number of rotatable bonds is 8. The minimum absolute atomic E-state index is 0.223. The van der Waals surface area contributed by atoms with Crippen molar-refractivity contribution in [1.29, 1.82) is 0 Å². The van der Waals surface area contributed by atoms with Crippen LogP contribution in [0.3, 0.4) is 0 Å². The van der Waals surface area contributed by atoms with Crippen LogP contribution in [0.15, 0.2) is 46.0 Å². The van der Waals surface area contributed by atoms with E-state index in [4.69, 9.17) is 9.47 Å². The van der Waals surface area contributed by atoms with Crippen LogP contribution in [0.2, 0.25) is 0 Å². The second-order valence-electron chi connectivity index (χ2n) is 6.30. The zero-order valence-electron chi connectivity index (χ0n) is 17.3. The van der Waals surface area contributed by atoms with E-state index in [1.807, 2.05) is 25.1 Å². The van der Waals surface area contributed by atoms with Crippen molar-refractivity contribution in [3.05, 3.63) is 52.0 Å². The summed E-state index contributed by atoms with van der Waals surface area (Å²) in [5.41, 5.74) is 4.41. The lowest BCUT2D eigenvalue weighted by Crippen LogP contribution is -2.37. The number of halogens is 1. The Morgan fingerprint density at radius 2 is 1.94 bits per heavy atom. The number of ether oxygens (including phenoxy) is 2. The normalized spacial score (nSPS) is 10.5. The maximum atomic E-state index is 12.2. The van der Waals surface area contributed by atoms with Crippen LogP contribution in [0.1, 0.15) is 18.1 Å². The summed E-state index contributed by atoms with van der Waals surface area (Å²) in [6.07, 6.45) is 1.35. The lowest BCUT2D eigenvalue weighted by Gasteiger charge is -2.13. The van der Waals surface area contributed by atoms with Crippen LogP contribution in [0.25, 0.3) is 0 Å². The molecule has 3 N–H and O–H groups in total. The fourth-order valence-corrected chi connectivity index (χ4v) is 3.04. The molecular formula is C21H23BrN4O5. The first-order valence-corrected chi connectivity index (χ1v) is 10.1. The Morgan fingerprint density at radius 3 is 2.61 bits per heavy atom. The summed E-state index contributed by atoms with van der Waals surface area (Å²) in [4.78, 5) is 35.1. The van der Waals surface area contributed by atoms with Crippen molar-refractivity contribution in [3.63, 3.8) is 0 Å². The topological polar surface area (TPSA) is 118 Å². The molecule has 31 heavy (non-hydrogen) atoms. The first-order valence-electron chi connectivity index (χ1n) is 9.32. The molecule has 10 heteroatoms. The third kappa shape index (κ3) is 7.41. The van der Waals surface area contributed by atoms with Gasteiger partial charge in [0.1, 0.15) is 0 Å². The van der Waals surface area contributed by atoms with E-state index in [2.05, 4.69) is 37.1 Å². The molecule has 0 saturated carbocycles. The summed E-state index contributed by atoms with van der Waals surface area (Å²) in [6.45, 7) is 3.75. The van der Waals surface area contributed by atoms with Gasteiger partial charge in [-0.25, -0.2) is 5.43 Å². The number of hydrazone groups is 1. The molecule has 0 aromatic heterocycles. The molecule has 0 atom stereocenters. The first-order chi connectivity index (χ1) is 14.8. The minimum Gasteiger partial charge on any atom is -0.493 e. The van der Waals surface area contributed by atoms with Gasteiger partial charge in [0.2, 0.25) is 0 Å². The summed E-state index contributed by atoms with van der Waals surface area (Å²) < 4.78 is 11.5. The molecule has 0 saturated heterocycles. The molecule has 0 heterocycles. The SMILES string of the molecule is CCNC(=O)C(=O)N/N=C\c1cc(Br)c(OCC(=O)Nc2cccc(C)c2)c(OC)c1. The van der Waals surface area contributed by atoms with Crippen LogP contribution >= 0.6 is 15.9 Å². The second-order valence-corrected chi connectivity index (χ2v) is 7.15. The van der Waals surface area contributed by atoms with Gasteiger partial charge < -0.3 is 20.1 Å². The standard InChI is InChI=1S/C21H23BrN4O5/c1-4-23-20(28)21(29)26-24-11-14-9-16(22)19(17(10-14)30-3)31-12-18(27)25-15-7-5-6-13(2)8-15/h5-11H,4,12H2,1-3H3,(H,23,28)(H,25,27)(H,26,29)/b24-11-. The van der Waals surface area contributed by atoms with Crippen LogP contribution in [-0.4, -0.2) is 44.2 Å². The van der Waals surface area contributed by atoms with Crippen LogP contribution in [0.5, 0.6) is 11.5 Å². The van der Waals surface area contributed by atoms with Crippen molar-refractivity contribution >= 4 is 45.6 Å². The zero-order chi connectivity index (χ0) is 22.8. The molecule has 2 aromatic rings. The average molecular weight is 491 g/mol. The van der Waals surface area contributed by atoms with Crippen molar-refractivity contribution in [2.45, 2.75) is 13.8 Å². The van der Waals surface area contributed by atoms with Crippen LogP contribution < -0.4 is 25.5 Å². The number of nitrogens with zero attached hydrogens (tertiary/aromatic N) is 1. The van der Waals surface area contributed by atoms with Gasteiger partial charge >= 0.3 is 11.8 Å². The molecule has 0 bridgehead atoms.